The highest BCUT2D eigenvalue weighted by Gasteiger charge is 2.33. The molecule has 1 saturated heterocycles. The number of nitrogens with zero attached hydrogens (tertiary/aromatic N) is 2. The minimum absolute atomic E-state index is 0.773. The van der Waals surface area contributed by atoms with Crippen LogP contribution in [0.1, 0.15) is 39.0 Å². The molecule has 0 aromatic heterocycles. The fourth-order valence-electron chi connectivity index (χ4n) is 3.31. The van der Waals surface area contributed by atoms with Gasteiger partial charge in [-0.2, -0.15) is 0 Å². The van der Waals surface area contributed by atoms with Crippen LogP contribution < -0.4 is 5.32 Å². The average molecular weight is 265 g/mol. The van der Waals surface area contributed by atoms with Gasteiger partial charge < -0.3 is 10.2 Å². The van der Waals surface area contributed by atoms with E-state index < -0.39 is 0 Å². The van der Waals surface area contributed by atoms with Crippen LogP contribution >= 0.6 is 0 Å². The van der Waals surface area contributed by atoms with Crippen LogP contribution in [0.4, 0.5) is 0 Å². The molecule has 0 aromatic rings. The molecule has 3 rings (SSSR count). The lowest BCUT2D eigenvalue weighted by Crippen LogP contribution is -2.51. The summed E-state index contributed by atoms with van der Waals surface area (Å²) in [6.07, 6.45) is 7.17. The summed E-state index contributed by atoms with van der Waals surface area (Å²) in [6.45, 7) is 11.4. The van der Waals surface area contributed by atoms with Gasteiger partial charge in [0, 0.05) is 45.3 Å². The summed E-state index contributed by atoms with van der Waals surface area (Å²) in [4.78, 5) is 5.40. The van der Waals surface area contributed by atoms with E-state index in [0.29, 0.717) is 0 Å². The second-order valence-electron chi connectivity index (χ2n) is 6.94. The van der Waals surface area contributed by atoms with Crippen molar-refractivity contribution < 1.29 is 0 Å². The number of piperazine rings is 1. The molecule has 3 nitrogen and oxygen atoms in total. The topological polar surface area (TPSA) is 18.5 Å². The maximum Gasteiger partial charge on any atom is 0.0223 e. The zero-order valence-electron chi connectivity index (χ0n) is 12.6. The van der Waals surface area contributed by atoms with Gasteiger partial charge in [0.2, 0.25) is 0 Å². The summed E-state index contributed by atoms with van der Waals surface area (Å²) in [7, 11) is 0. The Labute approximate surface area is 118 Å². The first-order valence-electron chi connectivity index (χ1n) is 8.53. The standard InChI is InChI=1S/C16H31N3/c1-2-7-17-16(15-5-6-15)13-19-10-8-18(9-11-19)12-14-3-4-14/h14-17H,2-13H2,1H3. The van der Waals surface area contributed by atoms with Crippen LogP contribution in [-0.4, -0.2) is 61.7 Å². The number of rotatable bonds is 8. The van der Waals surface area contributed by atoms with Crippen LogP contribution in [0.2, 0.25) is 0 Å². The van der Waals surface area contributed by atoms with E-state index in [1.54, 1.807) is 0 Å². The van der Waals surface area contributed by atoms with E-state index in [1.165, 1.54) is 77.9 Å². The summed E-state index contributed by atoms with van der Waals surface area (Å²) in [6, 6.07) is 0.773. The molecule has 3 fully saturated rings. The molecule has 1 aliphatic heterocycles. The predicted octanol–water partition coefficient (Wildman–Crippen LogP) is 1.79. The van der Waals surface area contributed by atoms with E-state index >= 15 is 0 Å². The van der Waals surface area contributed by atoms with Crippen LogP contribution in [0.3, 0.4) is 0 Å². The van der Waals surface area contributed by atoms with Crippen LogP contribution in [-0.2, 0) is 0 Å². The lowest BCUT2D eigenvalue weighted by molar-refractivity contribution is 0.116. The van der Waals surface area contributed by atoms with Gasteiger partial charge in [0.25, 0.3) is 0 Å². The third-order valence-corrected chi connectivity index (χ3v) is 4.98. The van der Waals surface area contributed by atoms with Crippen molar-refractivity contribution >= 4 is 0 Å². The minimum Gasteiger partial charge on any atom is -0.312 e. The Morgan fingerprint density at radius 3 is 2.26 bits per heavy atom. The van der Waals surface area contributed by atoms with Gasteiger partial charge in [0.15, 0.2) is 0 Å². The number of nitrogens with one attached hydrogen (secondary N) is 1. The summed E-state index contributed by atoms with van der Waals surface area (Å²) >= 11 is 0. The largest absolute Gasteiger partial charge is 0.312 e. The summed E-state index contributed by atoms with van der Waals surface area (Å²) < 4.78 is 0. The molecular formula is C16H31N3. The van der Waals surface area contributed by atoms with E-state index in [0.717, 1.165) is 17.9 Å². The first-order valence-corrected chi connectivity index (χ1v) is 8.53. The van der Waals surface area contributed by atoms with Gasteiger partial charge in [-0.3, -0.25) is 4.90 Å². The maximum absolute atomic E-state index is 3.78. The Morgan fingerprint density at radius 2 is 1.68 bits per heavy atom. The molecule has 110 valence electrons. The molecule has 0 bridgehead atoms. The SMILES string of the molecule is CCCNC(CN1CCN(CC2CC2)CC1)C1CC1. The Kier molecular flexibility index (Phi) is 4.78. The second-order valence-corrected chi connectivity index (χ2v) is 6.94. The van der Waals surface area contributed by atoms with E-state index in [2.05, 4.69) is 22.0 Å². The molecule has 2 aliphatic carbocycles. The van der Waals surface area contributed by atoms with Crippen LogP contribution in [0, 0.1) is 11.8 Å². The lowest BCUT2D eigenvalue weighted by atomic mass is 10.1. The fourth-order valence-corrected chi connectivity index (χ4v) is 3.31. The molecule has 1 unspecified atom stereocenters. The van der Waals surface area contributed by atoms with Gasteiger partial charge in [-0.1, -0.05) is 6.92 Å². The normalized spacial score (nSPS) is 27.6. The molecule has 1 N–H and O–H groups in total. The van der Waals surface area contributed by atoms with Crippen molar-refractivity contribution in [2.75, 3.05) is 45.8 Å². The van der Waals surface area contributed by atoms with Crippen molar-refractivity contribution in [1.82, 2.24) is 15.1 Å². The van der Waals surface area contributed by atoms with Gasteiger partial charge in [-0.25, -0.2) is 0 Å². The molecule has 0 aromatic carbocycles. The third kappa shape index (κ3) is 4.44. The van der Waals surface area contributed by atoms with Crippen LogP contribution in [0.5, 0.6) is 0 Å². The Hall–Kier alpha value is -0.120. The third-order valence-electron chi connectivity index (χ3n) is 4.98. The van der Waals surface area contributed by atoms with E-state index in [1.807, 2.05) is 0 Å². The monoisotopic (exact) mass is 265 g/mol. The first kappa shape index (κ1) is 13.8. The smallest absolute Gasteiger partial charge is 0.0223 e. The van der Waals surface area contributed by atoms with Gasteiger partial charge in [0.05, 0.1) is 0 Å². The summed E-state index contributed by atoms with van der Waals surface area (Å²) in [5.41, 5.74) is 0. The molecular weight excluding hydrogens is 234 g/mol. The second kappa shape index (κ2) is 6.55. The first-order chi connectivity index (χ1) is 9.35. The van der Waals surface area contributed by atoms with Crippen molar-refractivity contribution in [1.29, 1.82) is 0 Å². The van der Waals surface area contributed by atoms with Crippen molar-refractivity contribution in [3.63, 3.8) is 0 Å². The van der Waals surface area contributed by atoms with Crippen molar-refractivity contribution in [3.8, 4) is 0 Å². The molecule has 3 aliphatic rings. The van der Waals surface area contributed by atoms with Gasteiger partial charge >= 0.3 is 0 Å². The highest BCUT2D eigenvalue weighted by atomic mass is 15.3. The average Bonchev–Trinajstić information content (AvgIpc) is 3.29. The Balaban J connectivity index is 1.37. The molecule has 0 spiro atoms. The highest BCUT2D eigenvalue weighted by molar-refractivity contribution is 4.89. The number of hydrogen-bond donors (Lipinski definition) is 1. The van der Waals surface area contributed by atoms with E-state index in [9.17, 15) is 0 Å². The summed E-state index contributed by atoms with van der Waals surface area (Å²) in [5, 5.41) is 3.78. The Morgan fingerprint density at radius 1 is 1.00 bits per heavy atom. The van der Waals surface area contributed by atoms with Gasteiger partial charge in [-0.05, 0) is 50.5 Å². The Bertz CT molecular complexity index is 265. The fraction of sp³-hybridized carbons (Fsp3) is 1.00. The summed E-state index contributed by atoms with van der Waals surface area (Å²) in [5.74, 6) is 2.04. The van der Waals surface area contributed by atoms with Crippen molar-refractivity contribution in [3.05, 3.63) is 0 Å². The van der Waals surface area contributed by atoms with E-state index in [4.69, 9.17) is 0 Å². The molecule has 1 atom stereocenters. The minimum atomic E-state index is 0.773. The van der Waals surface area contributed by atoms with Crippen molar-refractivity contribution in [2.24, 2.45) is 11.8 Å². The zero-order valence-corrected chi connectivity index (χ0v) is 12.6. The number of hydrogen-bond acceptors (Lipinski definition) is 3. The van der Waals surface area contributed by atoms with Gasteiger partial charge in [0.1, 0.15) is 0 Å². The van der Waals surface area contributed by atoms with Gasteiger partial charge in [-0.15, -0.1) is 0 Å². The highest BCUT2D eigenvalue weighted by Crippen LogP contribution is 2.33. The molecule has 2 saturated carbocycles. The molecule has 1 heterocycles. The quantitative estimate of drug-likeness (QED) is 0.722. The van der Waals surface area contributed by atoms with Crippen molar-refractivity contribution in [2.45, 2.75) is 45.1 Å². The van der Waals surface area contributed by atoms with Crippen LogP contribution in [0.15, 0.2) is 0 Å². The molecule has 19 heavy (non-hydrogen) atoms. The maximum atomic E-state index is 3.78. The lowest BCUT2D eigenvalue weighted by Gasteiger charge is -2.36. The molecule has 0 amide bonds. The van der Waals surface area contributed by atoms with Crippen LogP contribution in [0.25, 0.3) is 0 Å². The molecule has 3 heteroatoms. The van der Waals surface area contributed by atoms with E-state index in [-0.39, 0.29) is 0 Å². The zero-order chi connectivity index (χ0) is 13.1. The predicted molar refractivity (Wildman–Crippen MR) is 80.4 cm³/mol. The molecule has 0 radical (unpaired) electrons.